The molecule has 122 valence electrons. The lowest BCUT2D eigenvalue weighted by atomic mass is 10.0. The molecule has 1 saturated heterocycles. The van der Waals surface area contributed by atoms with Gasteiger partial charge in [0.15, 0.2) is 0 Å². The summed E-state index contributed by atoms with van der Waals surface area (Å²) in [5, 5.41) is 3.47. The Hall–Kier alpha value is 0.280. The summed E-state index contributed by atoms with van der Waals surface area (Å²) in [6.07, 6.45) is -4.31. The fourth-order valence-electron chi connectivity index (χ4n) is 2.24. The number of alkyl halides is 3. The second-order valence-electron chi connectivity index (χ2n) is 4.40. The van der Waals surface area contributed by atoms with Gasteiger partial charge in [-0.05, 0) is 17.7 Å². The Labute approximate surface area is 147 Å². The molecule has 1 aromatic carbocycles. The van der Waals surface area contributed by atoms with Crippen molar-refractivity contribution in [3.05, 3.63) is 33.3 Å². The average molecular weight is 431 g/mol. The van der Waals surface area contributed by atoms with E-state index in [0.29, 0.717) is 35.7 Å². The monoisotopic (exact) mass is 428 g/mol. The van der Waals surface area contributed by atoms with Crippen LogP contribution in [0.4, 0.5) is 13.2 Å². The molecule has 1 aromatic rings. The SMILES string of the molecule is Cl.Cl.FC(F)(F)[C@H](c1ccc(Cl)cc1Br)N1CCNCC1. The first-order valence-corrected chi connectivity index (χ1v) is 7.03. The van der Waals surface area contributed by atoms with Gasteiger partial charge in [-0.3, -0.25) is 4.90 Å². The number of hydrogen-bond donors (Lipinski definition) is 1. The smallest absolute Gasteiger partial charge is 0.314 e. The molecule has 1 N–H and O–H groups in total. The maximum atomic E-state index is 13.4. The van der Waals surface area contributed by atoms with Crippen molar-refractivity contribution in [2.75, 3.05) is 26.2 Å². The highest BCUT2D eigenvalue weighted by Crippen LogP contribution is 2.41. The Bertz CT molecular complexity index is 454. The Balaban J connectivity index is 0.00000200. The summed E-state index contributed by atoms with van der Waals surface area (Å²) in [6.45, 7) is 1.88. The molecule has 2 rings (SSSR count). The standard InChI is InChI=1S/C12H13BrClF3N2.2ClH/c13-10-7-8(14)1-2-9(10)11(12(15,16)17)19-5-3-18-4-6-19;;/h1-2,7,11,18H,3-6H2;2*1H/t11-;;/m0../s1. The zero-order chi connectivity index (χ0) is 14.0. The lowest BCUT2D eigenvalue weighted by molar-refractivity contribution is -0.188. The maximum absolute atomic E-state index is 13.4. The van der Waals surface area contributed by atoms with E-state index >= 15 is 0 Å². The summed E-state index contributed by atoms with van der Waals surface area (Å²) < 4.78 is 40.5. The lowest BCUT2D eigenvalue weighted by Crippen LogP contribution is -2.49. The van der Waals surface area contributed by atoms with Gasteiger partial charge in [0.25, 0.3) is 0 Å². The normalized spacial score (nSPS) is 17.6. The molecule has 21 heavy (non-hydrogen) atoms. The van der Waals surface area contributed by atoms with Gasteiger partial charge in [0.2, 0.25) is 0 Å². The van der Waals surface area contributed by atoms with Crippen LogP contribution in [0.25, 0.3) is 0 Å². The van der Waals surface area contributed by atoms with E-state index in [2.05, 4.69) is 21.2 Å². The summed E-state index contributed by atoms with van der Waals surface area (Å²) in [6, 6.07) is 2.83. The second-order valence-corrected chi connectivity index (χ2v) is 5.69. The molecule has 1 atom stereocenters. The van der Waals surface area contributed by atoms with Crippen LogP contribution in [0.3, 0.4) is 0 Å². The van der Waals surface area contributed by atoms with Crippen LogP contribution < -0.4 is 5.32 Å². The van der Waals surface area contributed by atoms with Gasteiger partial charge in [0.05, 0.1) is 0 Å². The topological polar surface area (TPSA) is 15.3 Å². The molecule has 9 heteroatoms. The molecule has 0 amide bonds. The van der Waals surface area contributed by atoms with Crippen LogP contribution >= 0.6 is 52.3 Å². The largest absolute Gasteiger partial charge is 0.408 e. The first-order chi connectivity index (χ1) is 8.89. The summed E-state index contributed by atoms with van der Waals surface area (Å²) >= 11 is 8.97. The van der Waals surface area contributed by atoms with Gasteiger partial charge in [0, 0.05) is 35.7 Å². The van der Waals surface area contributed by atoms with E-state index in [1.54, 1.807) is 0 Å². The number of nitrogens with zero attached hydrogens (tertiary/aromatic N) is 1. The first kappa shape index (κ1) is 21.3. The van der Waals surface area contributed by atoms with Crippen molar-refractivity contribution in [2.24, 2.45) is 0 Å². The van der Waals surface area contributed by atoms with Crippen molar-refractivity contribution in [3.8, 4) is 0 Å². The van der Waals surface area contributed by atoms with Gasteiger partial charge in [-0.25, -0.2) is 0 Å². The highest BCUT2D eigenvalue weighted by atomic mass is 79.9. The third-order valence-electron chi connectivity index (χ3n) is 3.08. The number of halogens is 7. The lowest BCUT2D eigenvalue weighted by Gasteiger charge is -2.36. The van der Waals surface area contributed by atoms with Crippen molar-refractivity contribution in [1.82, 2.24) is 10.2 Å². The van der Waals surface area contributed by atoms with Crippen molar-refractivity contribution in [2.45, 2.75) is 12.2 Å². The van der Waals surface area contributed by atoms with Crippen LogP contribution in [0.1, 0.15) is 11.6 Å². The van der Waals surface area contributed by atoms with Crippen LogP contribution in [0, 0.1) is 0 Å². The molecule has 0 spiro atoms. The molecule has 0 radical (unpaired) electrons. The first-order valence-electron chi connectivity index (χ1n) is 5.86. The molecule has 0 saturated carbocycles. The van der Waals surface area contributed by atoms with Crippen LogP contribution in [0.5, 0.6) is 0 Å². The fraction of sp³-hybridized carbons (Fsp3) is 0.500. The van der Waals surface area contributed by atoms with E-state index in [-0.39, 0.29) is 30.4 Å². The van der Waals surface area contributed by atoms with Crippen molar-refractivity contribution >= 4 is 52.3 Å². The van der Waals surface area contributed by atoms with Gasteiger partial charge in [-0.2, -0.15) is 13.2 Å². The van der Waals surface area contributed by atoms with E-state index in [0.717, 1.165) is 0 Å². The minimum atomic E-state index is -4.31. The molecule has 0 bridgehead atoms. The highest BCUT2D eigenvalue weighted by Gasteiger charge is 2.45. The molecule has 2 nitrogen and oxygen atoms in total. The Morgan fingerprint density at radius 2 is 1.76 bits per heavy atom. The van der Waals surface area contributed by atoms with Gasteiger partial charge < -0.3 is 5.32 Å². The average Bonchev–Trinajstić information content (AvgIpc) is 2.32. The Kier molecular flexibility index (Phi) is 8.91. The summed E-state index contributed by atoms with van der Waals surface area (Å²) in [4.78, 5) is 1.45. The predicted molar refractivity (Wildman–Crippen MR) is 86.9 cm³/mol. The summed E-state index contributed by atoms with van der Waals surface area (Å²) in [5.41, 5.74) is 0.207. The molecule has 0 aliphatic carbocycles. The van der Waals surface area contributed by atoms with Gasteiger partial charge in [0.1, 0.15) is 6.04 Å². The van der Waals surface area contributed by atoms with Crippen LogP contribution in [0.2, 0.25) is 5.02 Å². The van der Waals surface area contributed by atoms with E-state index in [9.17, 15) is 13.2 Å². The molecule has 1 aliphatic heterocycles. The Morgan fingerprint density at radius 1 is 1.19 bits per heavy atom. The maximum Gasteiger partial charge on any atom is 0.408 e. The quantitative estimate of drug-likeness (QED) is 0.746. The Morgan fingerprint density at radius 3 is 2.24 bits per heavy atom. The molecule has 0 aromatic heterocycles. The van der Waals surface area contributed by atoms with Crippen molar-refractivity contribution in [1.29, 1.82) is 0 Å². The molecular formula is C12H15BrCl3F3N2. The van der Waals surface area contributed by atoms with E-state index in [1.165, 1.54) is 23.1 Å². The fourth-order valence-corrected chi connectivity index (χ4v) is 3.14. The number of benzene rings is 1. The highest BCUT2D eigenvalue weighted by molar-refractivity contribution is 9.10. The number of hydrogen-bond acceptors (Lipinski definition) is 2. The zero-order valence-corrected chi connectivity index (χ0v) is 14.8. The second kappa shape index (κ2) is 8.79. The van der Waals surface area contributed by atoms with Crippen LogP contribution in [0.15, 0.2) is 22.7 Å². The van der Waals surface area contributed by atoms with Gasteiger partial charge in [-0.15, -0.1) is 24.8 Å². The van der Waals surface area contributed by atoms with E-state index in [1.807, 2.05) is 0 Å². The van der Waals surface area contributed by atoms with Crippen molar-refractivity contribution < 1.29 is 13.2 Å². The van der Waals surface area contributed by atoms with Crippen LogP contribution in [-0.2, 0) is 0 Å². The zero-order valence-electron chi connectivity index (χ0n) is 10.8. The molecule has 0 unspecified atom stereocenters. The van der Waals surface area contributed by atoms with Crippen molar-refractivity contribution in [3.63, 3.8) is 0 Å². The molecule has 1 aliphatic rings. The minimum absolute atomic E-state index is 0. The number of nitrogens with one attached hydrogen (secondary N) is 1. The summed E-state index contributed by atoms with van der Waals surface area (Å²) in [7, 11) is 0. The number of piperazine rings is 1. The number of rotatable bonds is 2. The van der Waals surface area contributed by atoms with Gasteiger partial charge in [-0.1, -0.05) is 33.6 Å². The predicted octanol–water partition coefficient (Wildman–Crippen LogP) is 4.45. The third kappa shape index (κ3) is 5.44. The van der Waals surface area contributed by atoms with E-state index in [4.69, 9.17) is 11.6 Å². The molecule has 1 heterocycles. The summed E-state index contributed by atoms with van der Waals surface area (Å²) in [5.74, 6) is 0. The van der Waals surface area contributed by atoms with Gasteiger partial charge >= 0.3 is 6.18 Å². The minimum Gasteiger partial charge on any atom is -0.314 e. The molecular weight excluding hydrogens is 415 g/mol. The van der Waals surface area contributed by atoms with E-state index < -0.39 is 12.2 Å². The van der Waals surface area contributed by atoms with Crippen LogP contribution in [-0.4, -0.2) is 37.3 Å². The molecule has 1 fully saturated rings. The third-order valence-corrected chi connectivity index (χ3v) is 4.01.